The SMILES string of the molecule is C.CC(C)(C)CC(=O)N1CC2C([C@H]1C(=O)NC(C#N)Cc1c[nH]c3ccccc13)C2(C)C.NC(=O)C(F)(F)F. The number of likely N-dealkylation sites (tertiary alicyclic amines) is 1. The molecule has 8 nitrogen and oxygen atoms in total. The summed E-state index contributed by atoms with van der Waals surface area (Å²) in [6, 6.07) is 9.03. The first-order valence-corrected chi connectivity index (χ1v) is 12.4. The molecule has 3 amide bonds. The molecule has 0 bridgehead atoms. The number of primary amides is 1. The molecule has 214 valence electrons. The highest BCUT2D eigenvalue weighted by atomic mass is 19.4. The highest BCUT2D eigenvalue weighted by Gasteiger charge is 2.69. The number of halogens is 3. The lowest BCUT2D eigenvalue weighted by atomic mass is 9.90. The average molecular weight is 550 g/mol. The van der Waals surface area contributed by atoms with Crippen molar-refractivity contribution >= 4 is 28.6 Å². The van der Waals surface area contributed by atoms with Gasteiger partial charge in [0.05, 0.1) is 6.07 Å². The summed E-state index contributed by atoms with van der Waals surface area (Å²) in [6.45, 7) is 11.1. The van der Waals surface area contributed by atoms with Crippen molar-refractivity contribution in [3.8, 4) is 6.07 Å². The Balaban J connectivity index is 0.000000592. The van der Waals surface area contributed by atoms with Crippen LogP contribution in [0.5, 0.6) is 0 Å². The van der Waals surface area contributed by atoms with Crippen molar-refractivity contribution < 1.29 is 27.6 Å². The van der Waals surface area contributed by atoms with Crippen LogP contribution in [0.2, 0.25) is 0 Å². The van der Waals surface area contributed by atoms with Crippen LogP contribution in [-0.2, 0) is 20.8 Å². The Kier molecular flexibility index (Phi) is 9.16. The van der Waals surface area contributed by atoms with Crippen molar-refractivity contribution in [3.63, 3.8) is 0 Å². The fraction of sp³-hybridized carbons (Fsp3) is 0.571. The molecule has 2 fully saturated rings. The lowest BCUT2D eigenvalue weighted by molar-refractivity contribution is -0.169. The van der Waals surface area contributed by atoms with Gasteiger partial charge in [-0.2, -0.15) is 18.4 Å². The number of H-pyrrole nitrogens is 1. The number of benzene rings is 1. The van der Waals surface area contributed by atoms with Crippen LogP contribution in [0.1, 0.15) is 54.0 Å². The van der Waals surface area contributed by atoms with E-state index >= 15 is 0 Å². The summed E-state index contributed by atoms with van der Waals surface area (Å²) in [7, 11) is 0. The number of rotatable bonds is 5. The van der Waals surface area contributed by atoms with Gasteiger partial charge in [0.1, 0.15) is 12.1 Å². The molecule has 4 N–H and O–H groups in total. The number of hydrogen-bond donors (Lipinski definition) is 3. The fourth-order valence-corrected chi connectivity index (χ4v) is 5.30. The molecule has 1 aliphatic heterocycles. The monoisotopic (exact) mass is 549 g/mol. The standard InChI is InChI=1S/C25H32N4O2.C2H2F3NO.CH4/c1-24(2,3)11-20(30)29-14-18-21(25(18,4)5)22(29)23(31)28-16(12-26)10-15-13-27-19-9-7-6-8-17(15)19;3-2(4,5)1(6)7;/h6-9,13,16,18,21-22,27H,10-11,14H2,1-5H3,(H,28,31);(H2,6,7);1H4/t16?,18?,21?,22-;;/m0../s1. The molecule has 1 aromatic heterocycles. The van der Waals surface area contributed by atoms with Gasteiger partial charge in [-0.1, -0.05) is 60.2 Å². The lowest BCUT2D eigenvalue weighted by Crippen LogP contribution is -2.52. The van der Waals surface area contributed by atoms with E-state index in [-0.39, 0.29) is 36.0 Å². The first-order valence-electron chi connectivity index (χ1n) is 12.4. The van der Waals surface area contributed by atoms with Crippen LogP contribution in [0, 0.1) is 34.0 Å². The van der Waals surface area contributed by atoms with Gasteiger partial charge in [0.15, 0.2) is 0 Å². The van der Waals surface area contributed by atoms with Crippen molar-refractivity contribution in [2.75, 3.05) is 6.54 Å². The van der Waals surface area contributed by atoms with E-state index in [1.54, 1.807) is 4.90 Å². The van der Waals surface area contributed by atoms with Gasteiger partial charge in [-0.15, -0.1) is 0 Å². The summed E-state index contributed by atoms with van der Waals surface area (Å²) in [5.74, 6) is -1.93. The van der Waals surface area contributed by atoms with E-state index in [1.165, 1.54) is 0 Å². The Morgan fingerprint density at radius 3 is 2.36 bits per heavy atom. The molecule has 1 saturated heterocycles. The van der Waals surface area contributed by atoms with Crippen molar-refractivity contribution in [3.05, 3.63) is 36.0 Å². The van der Waals surface area contributed by atoms with Crippen LogP contribution in [0.4, 0.5) is 13.2 Å². The second kappa shape index (κ2) is 11.3. The maximum atomic E-state index is 13.3. The third kappa shape index (κ3) is 7.11. The van der Waals surface area contributed by atoms with E-state index in [4.69, 9.17) is 4.79 Å². The van der Waals surface area contributed by atoms with E-state index in [0.717, 1.165) is 16.5 Å². The maximum absolute atomic E-state index is 13.3. The molecular weight excluding hydrogens is 511 g/mol. The first kappa shape index (κ1) is 31.7. The van der Waals surface area contributed by atoms with Crippen molar-refractivity contribution in [1.29, 1.82) is 5.26 Å². The number of aromatic nitrogens is 1. The van der Waals surface area contributed by atoms with Gasteiger partial charge in [-0.3, -0.25) is 14.4 Å². The van der Waals surface area contributed by atoms with Gasteiger partial charge in [-0.05, 0) is 34.3 Å². The number of hydrogen-bond acceptors (Lipinski definition) is 4. The van der Waals surface area contributed by atoms with E-state index in [2.05, 4.69) is 36.0 Å². The molecule has 0 radical (unpaired) electrons. The number of nitrogens with zero attached hydrogens (tertiary/aromatic N) is 2. The third-order valence-electron chi connectivity index (χ3n) is 7.33. The van der Waals surface area contributed by atoms with Crippen molar-refractivity contribution in [2.24, 2.45) is 28.4 Å². The van der Waals surface area contributed by atoms with Gasteiger partial charge in [0, 0.05) is 36.5 Å². The lowest BCUT2D eigenvalue weighted by Gasteiger charge is -2.32. The van der Waals surface area contributed by atoms with Crippen LogP contribution < -0.4 is 11.1 Å². The normalized spacial score (nSPS) is 21.9. The molecule has 2 aliphatic rings. The number of alkyl halides is 3. The van der Waals surface area contributed by atoms with Crippen LogP contribution in [0.15, 0.2) is 30.5 Å². The third-order valence-corrected chi connectivity index (χ3v) is 7.33. The molecule has 4 atom stereocenters. The second-order valence-corrected chi connectivity index (χ2v) is 11.8. The Morgan fingerprint density at radius 1 is 1.23 bits per heavy atom. The van der Waals surface area contributed by atoms with E-state index in [0.29, 0.717) is 25.3 Å². The molecule has 2 aromatic rings. The Hall–Kier alpha value is -3.55. The number of fused-ring (bicyclic) bond motifs is 2. The number of nitrogens with two attached hydrogens (primary N) is 1. The first-order chi connectivity index (χ1) is 17.5. The number of aromatic amines is 1. The van der Waals surface area contributed by atoms with Gasteiger partial charge in [-0.25, -0.2) is 0 Å². The molecule has 4 rings (SSSR count). The minimum atomic E-state index is -4.86. The highest BCUT2D eigenvalue weighted by Crippen LogP contribution is 2.65. The Bertz CT molecular complexity index is 1260. The highest BCUT2D eigenvalue weighted by molar-refractivity contribution is 5.90. The molecule has 1 aliphatic carbocycles. The average Bonchev–Trinajstić information content (AvgIpc) is 3.17. The summed E-state index contributed by atoms with van der Waals surface area (Å²) in [5, 5.41) is 13.7. The molecule has 3 unspecified atom stereocenters. The van der Waals surface area contributed by atoms with Crippen LogP contribution >= 0.6 is 0 Å². The zero-order valence-electron chi connectivity index (χ0n) is 22.1. The molecule has 11 heteroatoms. The minimum absolute atomic E-state index is 0. The van der Waals surface area contributed by atoms with Gasteiger partial charge in [0.25, 0.3) is 0 Å². The summed E-state index contributed by atoms with van der Waals surface area (Å²) >= 11 is 0. The molecule has 2 heterocycles. The van der Waals surface area contributed by atoms with Crippen LogP contribution in [0.3, 0.4) is 0 Å². The maximum Gasteiger partial charge on any atom is 0.470 e. The van der Waals surface area contributed by atoms with Gasteiger partial charge in [0.2, 0.25) is 11.8 Å². The zero-order valence-corrected chi connectivity index (χ0v) is 22.1. The minimum Gasteiger partial charge on any atom is -0.362 e. The largest absolute Gasteiger partial charge is 0.470 e. The van der Waals surface area contributed by atoms with Gasteiger partial charge >= 0.3 is 12.1 Å². The topological polar surface area (TPSA) is 132 Å². The number of piperidine rings is 1. The fourth-order valence-electron chi connectivity index (χ4n) is 5.30. The number of nitriles is 1. The van der Waals surface area contributed by atoms with Crippen molar-refractivity contribution in [2.45, 2.75) is 73.1 Å². The van der Waals surface area contributed by atoms with Crippen LogP contribution in [-0.4, -0.2) is 52.4 Å². The molecule has 0 spiro atoms. The number of carbonyl (C=O) groups excluding carboxylic acids is 3. The predicted molar refractivity (Wildman–Crippen MR) is 142 cm³/mol. The molecule has 39 heavy (non-hydrogen) atoms. The Labute approximate surface area is 227 Å². The van der Waals surface area contributed by atoms with E-state index < -0.39 is 24.2 Å². The van der Waals surface area contributed by atoms with Crippen molar-refractivity contribution in [1.82, 2.24) is 15.2 Å². The van der Waals surface area contributed by atoms with Gasteiger partial charge < -0.3 is 20.9 Å². The van der Waals surface area contributed by atoms with Crippen LogP contribution in [0.25, 0.3) is 10.9 Å². The molecular formula is C28H38F3N5O3. The predicted octanol–water partition coefficient (Wildman–Crippen LogP) is 4.31. The number of amides is 3. The number of carbonyl (C=O) groups is 3. The summed E-state index contributed by atoms with van der Waals surface area (Å²) in [4.78, 5) is 40.4. The number of nitrogens with one attached hydrogen (secondary N) is 2. The second-order valence-electron chi connectivity index (χ2n) is 11.8. The summed E-state index contributed by atoms with van der Waals surface area (Å²) in [5.41, 5.74) is 5.74. The smallest absolute Gasteiger partial charge is 0.362 e. The number of para-hydroxylation sites is 1. The molecule has 1 saturated carbocycles. The quantitative estimate of drug-likeness (QED) is 0.513. The zero-order chi connectivity index (χ0) is 28.6. The van der Waals surface area contributed by atoms with E-state index in [9.17, 15) is 28.0 Å². The molecule has 1 aromatic carbocycles. The summed E-state index contributed by atoms with van der Waals surface area (Å²) in [6.07, 6.45) is -2.13. The van der Waals surface area contributed by atoms with E-state index in [1.807, 2.05) is 51.2 Å². The Morgan fingerprint density at radius 2 is 1.82 bits per heavy atom. The summed E-state index contributed by atoms with van der Waals surface area (Å²) < 4.78 is 32.1.